The summed E-state index contributed by atoms with van der Waals surface area (Å²) in [6.45, 7) is 6.20. The predicted octanol–water partition coefficient (Wildman–Crippen LogP) is 4.30. The van der Waals surface area contributed by atoms with Crippen molar-refractivity contribution in [2.45, 2.75) is 59.0 Å². The summed E-state index contributed by atoms with van der Waals surface area (Å²) in [7, 11) is 1.41. The summed E-state index contributed by atoms with van der Waals surface area (Å²) >= 11 is 0. The molecule has 0 saturated heterocycles. The van der Waals surface area contributed by atoms with E-state index < -0.39 is 11.5 Å². The van der Waals surface area contributed by atoms with Gasteiger partial charge in [0.25, 0.3) is 0 Å². The van der Waals surface area contributed by atoms with E-state index in [2.05, 4.69) is 13.8 Å². The Morgan fingerprint density at radius 1 is 1.33 bits per heavy atom. The highest BCUT2D eigenvalue weighted by Crippen LogP contribution is 2.46. The minimum atomic E-state index is -0.696. The number of rotatable bonds is 6. The summed E-state index contributed by atoms with van der Waals surface area (Å²) in [6.07, 6.45) is 3.51. The lowest BCUT2D eigenvalue weighted by atomic mass is 9.78. The van der Waals surface area contributed by atoms with Gasteiger partial charge in [-0.25, -0.2) is 4.79 Å². The fraction of sp³-hybridized carbons (Fsp3) is 0.600. The Balaban J connectivity index is 2.19. The molecule has 0 amide bonds. The first-order chi connectivity index (χ1) is 11.4. The molecule has 24 heavy (non-hydrogen) atoms. The summed E-state index contributed by atoms with van der Waals surface area (Å²) in [5, 5.41) is 0. The highest BCUT2D eigenvalue weighted by Gasteiger charge is 2.51. The van der Waals surface area contributed by atoms with Crippen molar-refractivity contribution >= 4 is 11.9 Å². The lowest BCUT2D eigenvalue weighted by molar-refractivity contribution is -0.159. The van der Waals surface area contributed by atoms with Gasteiger partial charge in [-0.3, -0.25) is 4.79 Å². The number of methoxy groups -OCH3 is 1. The molecule has 2 unspecified atom stereocenters. The van der Waals surface area contributed by atoms with Crippen molar-refractivity contribution < 1.29 is 19.1 Å². The van der Waals surface area contributed by atoms with Gasteiger partial charge in [0.2, 0.25) is 0 Å². The lowest BCUT2D eigenvalue weighted by Gasteiger charge is -2.32. The number of hydrogen-bond acceptors (Lipinski definition) is 4. The minimum absolute atomic E-state index is 0.248. The molecule has 0 radical (unpaired) electrons. The van der Waals surface area contributed by atoms with Crippen LogP contribution in [0.4, 0.5) is 0 Å². The molecule has 1 aliphatic carbocycles. The minimum Gasteiger partial charge on any atom is -0.468 e. The van der Waals surface area contributed by atoms with E-state index in [1.807, 2.05) is 25.1 Å². The van der Waals surface area contributed by atoms with Crippen LogP contribution in [0.3, 0.4) is 0 Å². The molecule has 4 heteroatoms. The average Bonchev–Trinajstić information content (AvgIpc) is 2.96. The third-order valence-corrected chi connectivity index (χ3v) is 4.97. The van der Waals surface area contributed by atoms with Crippen LogP contribution in [0.5, 0.6) is 0 Å². The maximum Gasteiger partial charge on any atom is 0.338 e. The summed E-state index contributed by atoms with van der Waals surface area (Å²) < 4.78 is 10.9. The van der Waals surface area contributed by atoms with Gasteiger partial charge in [0.15, 0.2) is 0 Å². The van der Waals surface area contributed by atoms with Gasteiger partial charge in [-0.05, 0) is 57.1 Å². The molecule has 1 saturated carbocycles. The maximum absolute atomic E-state index is 12.5. The molecule has 1 aromatic rings. The summed E-state index contributed by atoms with van der Waals surface area (Å²) in [6, 6.07) is 7.34. The molecule has 2 rings (SSSR count). The van der Waals surface area contributed by atoms with Gasteiger partial charge in [0, 0.05) is 0 Å². The van der Waals surface area contributed by atoms with E-state index in [0.717, 1.165) is 24.8 Å². The number of aryl methyl sites for hydroxylation is 1. The monoisotopic (exact) mass is 332 g/mol. The molecule has 1 fully saturated rings. The third-order valence-electron chi connectivity index (χ3n) is 4.97. The van der Waals surface area contributed by atoms with Crippen LogP contribution in [0.1, 0.15) is 61.9 Å². The molecule has 4 nitrogen and oxygen atoms in total. The van der Waals surface area contributed by atoms with Crippen molar-refractivity contribution in [2.75, 3.05) is 7.11 Å². The van der Waals surface area contributed by atoms with E-state index in [0.29, 0.717) is 24.3 Å². The van der Waals surface area contributed by atoms with Gasteiger partial charge >= 0.3 is 11.9 Å². The normalized spacial score (nSPS) is 23.3. The fourth-order valence-electron chi connectivity index (χ4n) is 3.55. The Hall–Kier alpha value is -1.84. The van der Waals surface area contributed by atoms with Gasteiger partial charge in [0.1, 0.15) is 11.5 Å². The van der Waals surface area contributed by atoms with Crippen molar-refractivity contribution in [3.8, 4) is 0 Å². The smallest absolute Gasteiger partial charge is 0.338 e. The topological polar surface area (TPSA) is 52.6 Å². The molecule has 0 heterocycles. The summed E-state index contributed by atoms with van der Waals surface area (Å²) in [5.74, 6) is -0.119. The molecule has 2 atom stereocenters. The Morgan fingerprint density at radius 2 is 2.08 bits per heavy atom. The van der Waals surface area contributed by atoms with Crippen LogP contribution >= 0.6 is 0 Å². The number of carbonyl (C=O) groups is 2. The molecular formula is C20H28O4. The molecule has 0 bridgehead atoms. The number of hydrogen-bond donors (Lipinski definition) is 0. The first kappa shape index (κ1) is 18.5. The van der Waals surface area contributed by atoms with Crippen LogP contribution in [0, 0.1) is 18.3 Å². The van der Waals surface area contributed by atoms with E-state index in [-0.39, 0.29) is 11.9 Å². The quantitative estimate of drug-likeness (QED) is 0.729. The zero-order valence-corrected chi connectivity index (χ0v) is 15.1. The van der Waals surface area contributed by atoms with Crippen LogP contribution < -0.4 is 0 Å². The van der Waals surface area contributed by atoms with E-state index in [4.69, 9.17) is 9.47 Å². The second-order valence-electron chi connectivity index (χ2n) is 7.24. The first-order valence-corrected chi connectivity index (χ1v) is 8.75. The average molecular weight is 332 g/mol. The molecule has 1 aromatic carbocycles. The zero-order valence-electron chi connectivity index (χ0n) is 15.1. The van der Waals surface area contributed by atoms with Crippen molar-refractivity contribution in [1.29, 1.82) is 0 Å². The second-order valence-corrected chi connectivity index (χ2v) is 7.24. The molecule has 0 N–H and O–H groups in total. The molecular weight excluding hydrogens is 304 g/mol. The fourth-order valence-corrected chi connectivity index (χ4v) is 3.55. The van der Waals surface area contributed by atoms with Gasteiger partial charge in [-0.2, -0.15) is 0 Å². The summed E-state index contributed by atoms with van der Waals surface area (Å²) in [5.41, 5.74) is 0.845. The van der Waals surface area contributed by atoms with E-state index >= 15 is 0 Å². The Kier molecular flexibility index (Phi) is 6.03. The molecule has 132 valence electrons. The standard InChI is InChI=1S/C20H28O4/c1-14(2)10-12-20(19(22)23-4)11-6-9-17(20)24-18(21)16-8-5-7-15(3)13-16/h5,7-8,13-14,17H,6,9-12H2,1-4H3. The largest absolute Gasteiger partial charge is 0.468 e. The first-order valence-electron chi connectivity index (χ1n) is 8.75. The second kappa shape index (κ2) is 7.82. The highest BCUT2D eigenvalue weighted by atomic mass is 16.6. The maximum atomic E-state index is 12.5. The van der Waals surface area contributed by atoms with Crippen LogP contribution in [0.25, 0.3) is 0 Å². The van der Waals surface area contributed by atoms with Gasteiger partial charge in [-0.1, -0.05) is 31.5 Å². The number of benzene rings is 1. The van der Waals surface area contributed by atoms with Crippen molar-refractivity contribution in [1.82, 2.24) is 0 Å². The molecule has 0 aliphatic heterocycles. The number of ether oxygens (including phenoxy) is 2. The van der Waals surface area contributed by atoms with Gasteiger partial charge < -0.3 is 9.47 Å². The van der Waals surface area contributed by atoms with Crippen LogP contribution in [-0.2, 0) is 14.3 Å². The van der Waals surface area contributed by atoms with Crippen LogP contribution in [0.2, 0.25) is 0 Å². The SMILES string of the molecule is COC(=O)C1(CCC(C)C)CCCC1OC(=O)c1cccc(C)c1. The molecule has 0 spiro atoms. The van der Waals surface area contributed by atoms with Gasteiger partial charge in [-0.15, -0.1) is 0 Å². The third kappa shape index (κ3) is 3.97. The Labute approximate surface area is 144 Å². The molecule has 1 aliphatic rings. The number of carbonyl (C=O) groups excluding carboxylic acids is 2. The van der Waals surface area contributed by atoms with Crippen LogP contribution in [-0.4, -0.2) is 25.2 Å². The van der Waals surface area contributed by atoms with E-state index in [1.165, 1.54) is 7.11 Å². The van der Waals surface area contributed by atoms with Crippen molar-refractivity contribution in [2.24, 2.45) is 11.3 Å². The zero-order chi connectivity index (χ0) is 17.7. The number of esters is 2. The lowest BCUT2D eigenvalue weighted by Crippen LogP contribution is -2.42. The van der Waals surface area contributed by atoms with Crippen molar-refractivity contribution in [3.63, 3.8) is 0 Å². The summed E-state index contributed by atoms with van der Waals surface area (Å²) in [4.78, 5) is 25.0. The van der Waals surface area contributed by atoms with E-state index in [9.17, 15) is 9.59 Å². The van der Waals surface area contributed by atoms with Gasteiger partial charge in [0.05, 0.1) is 12.7 Å². The highest BCUT2D eigenvalue weighted by molar-refractivity contribution is 5.90. The Morgan fingerprint density at radius 3 is 2.71 bits per heavy atom. The van der Waals surface area contributed by atoms with E-state index in [1.54, 1.807) is 6.07 Å². The van der Waals surface area contributed by atoms with Crippen LogP contribution in [0.15, 0.2) is 24.3 Å². The van der Waals surface area contributed by atoms with Crippen molar-refractivity contribution in [3.05, 3.63) is 35.4 Å². The Bertz CT molecular complexity index is 593. The predicted molar refractivity (Wildman–Crippen MR) is 92.8 cm³/mol. The molecule has 0 aromatic heterocycles.